The van der Waals surface area contributed by atoms with E-state index in [4.69, 9.17) is 25.5 Å². The average molecular weight is 358 g/mol. The molecule has 0 spiro atoms. The number of hydrogen-bond acceptors (Lipinski definition) is 4. The van der Waals surface area contributed by atoms with Gasteiger partial charge in [-0.25, -0.2) is 0 Å². The topological polar surface area (TPSA) is 51.9 Å². The van der Waals surface area contributed by atoms with E-state index in [9.17, 15) is 4.79 Å². The van der Waals surface area contributed by atoms with Crippen molar-refractivity contribution < 1.29 is 18.7 Å². The fourth-order valence-corrected chi connectivity index (χ4v) is 3.13. The van der Waals surface area contributed by atoms with Crippen LogP contribution in [-0.2, 0) is 6.54 Å². The monoisotopic (exact) mass is 357 g/mol. The standard InChI is InChI=1S/C19H16ClNO4/c1-11-14-8-13(20)4-6-15(14)25-18(11)19(22)21(2)9-12-3-5-16-17(7-12)24-10-23-16/h3-8H,9-10H2,1-2H3. The van der Waals surface area contributed by atoms with Crippen molar-refractivity contribution in [2.24, 2.45) is 0 Å². The van der Waals surface area contributed by atoms with Crippen LogP contribution in [0.1, 0.15) is 21.7 Å². The molecule has 0 saturated carbocycles. The molecule has 0 radical (unpaired) electrons. The summed E-state index contributed by atoms with van der Waals surface area (Å²) in [5, 5.41) is 1.47. The molecule has 0 bridgehead atoms. The molecule has 1 amide bonds. The summed E-state index contributed by atoms with van der Waals surface area (Å²) in [5.74, 6) is 1.58. The molecule has 0 saturated heterocycles. The highest BCUT2D eigenvalue weighted by Crippen LogP contribution is 2.33. The lowest BCUT2D eigenvalue weighted by molar-refractivity contribution is 0.0754. The van der Waals surface area contributed by atoms with Gasteiger partial charge in [-0.2, -0.15) is 0 Å². The van der Waals surface area contributed by atoms with E-state index in [0.717, 1.165) is 22.3 Å². The van der Waals surface area contributed by atoms with Crippen molar-refractivity contribution in [3.63, 3.8) is 0 Å². The summed E-state index contributed by atoms with van der Waals surface area (Å²) in [7, 11) is 1.74. The molecule has 1 aliphatic rings. The van der Waals surface area contributed by atoms with Crippen LogP contribution >= 0.6 is 11.6 Å². The van der Waals surface area contributed by atoms with Crippen molar-refractivity contribution in [1.82, 2.24) is 4.90 Å². The molecule has 1 aromatic heterocycles. The third-order valence-electron chi connectivity index (χ3n) is 4.30. The van der Waals surface area contributed by atoms with E-state index < -0.39 is 0 Å². The highest BCUT2D eigenvalue weighted by molar-refractivity contribution is 6.31. The summed E-state index contributed by atoms with van der Waals surface area (Å²) in [4.78, 5) is 14.4. The predicted octanol–water partition coefficient (Wildman–Crippen LogP) is 4.40. The highest BCUT2D eigenvalue weighted by Gasteiger charge is 2.22. The van der Waals surface area contributed by atoms with Gasteiger partial charge < -0.3 is 18.8 Å². The summed E-state index contributed by atoms with van der Waals surface area (Å²) in [5.41, 5.74) is 2.40. The Morgan fingerprint density at radius 3 is 2.80 bits per heavy atom. The lowest BCUT2D eigenvalue weighted by Crippen LogP contribution is -2.26. The molecule has 4 rings (SSSR count). The lowest BCUT2D eigenvalue weighted by atomic mass is 10.1. The van der Waals surface area contributed by atoms with Crippen LogP contribution < -0.4 is 9.47 Å². The van der Waals surface area contributed by atoms with Crippen LogP contribution in [0.4, 0.5) is 0 Å². The van der Waals surface area contributed by atoms with Crippen LogP contribution in [0.25, 0.3) is 11.0 Å². The molecular weight excluding hydrogens is 342 g/mol. The number of halogens is 1. The number of nitrogens with zero attached hydrogens (tertiary/aromatic N) is 1. The molecular formula is C19H16ClNO4. The maximum Gasteiger partial charge on any atom is 0.289 e. The second kappa shape index (κ2) is 6.01. The molecule has 25 heavy (non-hydrogen) atoms. The molecule has 2 aromatic carbocycles. The van der Waals surface area contributed by atoms with Gasteiger partial charge in [-0.15, -0.1) is 0 Å². The van der Waals surface area contributed by atoms with E-state index >= 15 is 0 Å². The molecule has 3 aromatic rings. The third kappa shape index (κ3) is 2.81. The maximum absolute atomic E-state index is 12.8. The SMILES string of the molecule is Cc1c(C(=O)N(C)Cc2ccc3c(c2)OCO3)oc2ccc(Cl)cc12. The molecule has 0 atom stereocenters. The molecule has 6 heteroatoms. The fourth-order valence-electron chi connectivity index (χ4n) is 2.96. The summed E-state index contributed by atoms with van der Waals surface area (Å²) < 4.78 is 16.4. The molecule has 0 unspecified atom stereocenters. The van der Waals surface area contributed by atoms with Crippen LogP contribution in [0.5, 0.6) is 11.5 Å². The molecule has 128 valence electrons. The van der Waals surface area contributed by atoms with Crippen molar-refractivity contribution >= 4 is 28.5 Å². The van der Waals surface area contributed by atoms with Gasteiger partial charge in [-0.05, 0) is 42.8 Å². The third-order valence-corrected chi connectivity index (χ3v) is 4.53. The van der Waals surface area contributed by atoms with Gasteiger partial charge in [0, 0.05) is 29.6 Å². The lowest BCUT2D eigenvalue weighted by Gasteiger charge is -2.16. The number of aryl methyl sites for hydroxylation is 1. The van der Waals surface area contributed by atoms with E-state index in [1.807, 2.05) is 31.2 Å². The predicted molar refractivity (Wildman–Crippen MR) is 94.3 cm³/mol. The highest BCUT2D eigenvalue weighted by atomic mass is 35.5. The minimum absolute atomic E-state index is 0.178. The van der Waals surface area contributed by atoms with Crippen molar-refractivity contribution in [3.05, 3.63) is 58.3 Å². The first-order valence-electron chi connectivity index (χ1n) is 7.85. The minimum Gasteiger partial charge on any atom is -0.454 e. The van der Waals surface area contributed by atoms with Crippen LogP contribution in [0.15, 0.2) is 40.8 Å². The largest absolute Gasteiger partial charge is 0.454 e. The smallest absolute Gasteiger partial charge is 0.289 e. The first kappa shape index (κ1) is 15.8. The Kier molecular flexibility index (Phi) is 3.81. The zero-order valence-electron chi connectivity index (χ0n) is 13.8. The zero-order valence-corrected chi connectivity index (χ0v) is 14.6. The van der Waals surface area contributed by atoms with Crippen LogP contribution in [-0.4, -0.2) is 24.6 Å². The molecule has 5 nitrogen and oxygen atoms in total. The first-order chi connectivity index (χ1) is 12.0. The molecule has 2 heterocycles. The summed E-state index contributed by atoms with van der Waals surface area (Å²) in [6, 6.07) is 11.0. The maximum atomic E-state index is 12.8. The quantitative estimate of drug-likeness (QED) is 0.697. The van der Waals surface area contributed by atoms with Crippen LogP contribution in [0.2, 0.25) is 5.02 Å². The number of hydrogen-bond donors (Lipinski definition) is 0. The molecule has 0 fully saturated rings. The zero-order chi connectivity index (χ0) is 17.6. The van der Waals surface area contributed by atoms with Crippen molar-refractivity contribution in [2.75, 3.05) is 13.8 Å². The van der Waals surface area contributed by atoms with E-state index in [2.05, 4.69) is 0 Å². The summed E-state index contributed by atoms with van der Waals surface area (Å²) in [6.45, 7) is 2.53. The number of benzene rings is 2. The van der Waals surface area contributed by atoms with Gasteiger partial charge in [-0.3, -0.25) is 4.79 Å². The van der Waals surface area contributed by atoms with Crippen molar-refractivity contribution in [1.29, 1.82) is 0 Å². The van der Waals surface area contributed by atoms with Gasteiger partial charge in [0.05, 0.1) is 0 Å². The molecule has 0 N–H and O–H groups in total. The number of furan rings is 1. The van der Waals surface area contributed by atoms with E-state index in [-0.39, 0.29) is 12.7 Å². The van der Waals surface area contributed by atoms with Crippen molar-refractivity contribution in [2.45, 2.75) is 13.5 Å². The van der Waals surface area contributed by atoms with Gasteiger partial charge in [-0.1, -0.05) is 17.7 Å². The van der Waals surface area contributed by atoms with Gasteiger partial charge in [0.25, 0.3) is 5.91 Å². The Morgan fingerprint density at radius 1 is 1.16 bits per heavy atom. The Bertz CT molecular complexity index is 979. The van der Waals surface area contributed by atoms with Crippen molar-refractivity contribution in [3.8, 4) is 11.5 Å². The average Bonchev–Trinajstić information content (AvgIpc) is 3.18. The van der Waals surface area contributed by atoms with Gasteiger partial charge in [0.1, 0.15) is 5.58 Å². The van der Waals surface area contributed by atoms with Gasteiger partial charge in [0.15, 0.2) is 17.3 Å². The van der Waals surface area contributed by atoms with Crippen LogP contribution in [0.3, 0.4) is 0 Å². The number of amides is 1. The molecule has 0 aliphatic carbocycles. The first-order valence-corrected chi connectivity index (χ1v) is 8.23. The van der Waals surface area contributed by atoms with Crippen LogP contribution in [0, 0.1) is 6.92 Å². The number of rotatable bonds is 3. The second-order valence-electron chi connectivity index (χ2n) is 6.05. The number of carbonyl (C=O) groups is 1. The fraction of sp³-hybridized carbons (Fsp3) is 0.211. The second-order valence-corrected chi connectivity index (χ2v) is 6.48. The Labute approximate surface area is 149 Å². The number of fused-ring (bicyclic) bond motifs is 2. The summed E-state index contributed by atoms with van der Waals surface area (Å²) >= 11 is 6.04. The normalized spacial score (nSPS) is 12.6. The Morgan fingerprint density at radius 2 is 1.96 bits per heavy atom. The summed E-state index contributed by atoms with van der Waals surface area (Å²) in [6.07, 6.45) is 0. The molecule has 1 aliphatic heterocycles. The Hall–Kier alpha value is -2.66. The van der Waals surface area contributed by atoms with Gasteiger partial charge in [0.2, 0.25) is 6.79 Å². The number of ether oxygens (including phenoxy) is 2. The van der Waals surface area contributed by atoms with E-state index in [1.165, 1.54) is 0 Å². The number of carbonyl (C=O) groups excluding carboxylic acids is 1. The Balaban J connectivity index is 1.59. The van der Waals surface area contributed by atoms with E-state index in [0.29, 0.717) is 28.7 Å². The van der Waals surface area contributed by atoms with Gasteiger partial charge >= 0.3 is 0 Å². The van der Waals surface area contributed by atoms with E-state index in [1.54, 1.807) is 24.1 Å². The minimum atomic E-state index is -0.178.